The zero-order valence-corrected chi connectivity index (χ0v) is 18.7. The fourth-order valence-electron chi connectivity index (χ4n) is 4.09. The SMILES string of the molecule is CCOC(=O)CCNC1=NC[C@@H](c2c(F)cc(C)cc2F)[C@@H]1CC(=O)Cc1ccc(F)cc1. The second-order valence-corrected chi connectivity index (χ2v) is 8.11. The Balaban J connectivity index is 1.78. The predicted octanol–water partition coefficient (Wildman–Crippen LogP) is 4.27. The van der Waals surface area contributed by atoms with E-state index >= 15 is 0 Å². The van der Waals surface area contributed by atoms with Gasteiger partial charge in [0.1, 0.15) is 29.1 Å². The lowest BCUT2D eigenvalue weighted by atomic mass is 9.82. The molecule has 8 heteroatoms. The molecule has 0 radical (unpaired) electrons. The molecular weight excluding hydrogens is 433 g/mol. The van der Waals surface area contributed by atoms with Crippen LogP contribution in [0.3, 0.4) is 0 Å². The highest BCUT2D eigenvalue weighted by atomic mass is 19.1. The van der Waals surface area contributed by atoms with Gasteiger partial charge in [-0.15, -0.1) is 0 Å². The van der Waals surface area contributed by atoms with Gasteiger partial charge in [0, 0.05) is 43.3 Å². The Hall–Kier alpha value is -3.16. The van der Waals surface area contributed by atoms with Crippen LogP contribution in [0.25, 0.3) is 0 Å². The molecule has 0 spiro atoms. The zero-order valence-electron chi connectivity index (χ0n) is 18.7. The monoisotopic (exact) mass is 460 g/mol. The molecule has 0 bridgehead atoms. The van der Waals surface area contributed by atoms with Gasteiger partial charge < -0.3 is 10.1 Å². The summed E-state index contributed by atoms with van der Waals surface area (Å²) in [5, 5.41) is 3.05. The minimum atomic E-state index is -0.670. The Morgan fingerprint density at radius 2 is 1.79 bits per heavy atom. The molecule has 1 aliphatic heterocycles. The summed E-state index contributed by atoms with van der Waals surface area (Å²) in [6.07, 6.45) is 0.166. The van der Waals surface area contributed by atoms with Crippen molar-refractivity contribution in [1.29, 1.82) is 0 Å². The molecule has 3 rings (SSSR count). The van der Waals surface area contributed by atoms with Crippen LogP contribution >= 0.6 is 0 Å². The summed E-state index contributed by atoms with van der Waals surface area (Å²) < 4.78 is 47.5. The molecule has 5 nitrogen and oxygen atoms in total. The van der Waals surface area contributed by atoms with Crippen LogP contribution in [0.4, 0.5) is 13.2 Å². The average molecular weight is 460 g/mol. The maximum atomic E-state index is 14.7. The Morgan fingerprint density at radius 3 is 2.42 bits per heavy atom. The lowest BCUT2D eigenvalue weighted by molar-refractivity contribution is -0.142. The molecular formula is C25H27F3N2O3. The molecule has 176 valence electrons. The standard InChI is InChI=1S/C25H27F3N2O3/c1-3-33-23(32)8-9-29-25-19(13-18(31)12-16-4-6-17(26)7-5-16)20(14-30-25)24-21(27)10-15(2)11-22(24)28/h4-7,10-11,19-20H,3,8-9,12-14H2,1-2H3,(H,29,30)/t19-,20+/m0/s1. The van der Waals surface area contributed by atoms with Gasteiger partial charge in [-0.25, -0.2) is 13.2 Å². The quantitative estimate of drug-likeness (QED) is 0.568. The third-order valence-corrected chi connectivity index (χ3v) is 5.59. The molecule has 1 heterocycles. The number of aryl methyl sites for hydroxylation is 1. The van der Waals surface area contributed by atoms with E-state index in [2.05, 4.69) is 10.3 Å². The van der Waals surface area contributed by atoms with E-state index in [4.69, 9.17) is 4.74 Å². The number of carbonyl (C=O) groups is 2. The first-order valence-electron chi connectivity index (χ1n) is 10.9. The fraction of sp³-hybridized carbons (Fsp3) is 0.400. The van der Waals surface area contributed by atoms with Gasteiger partial charge >= 0.3 is 5.97 Å². The van der Waals surface area contributed by atoms with Gasteiger partial charge in [-0.1, -0.05) is 12.1 Å². The lowest BCUT2D eigenvalue weighted by Crippen LogP contribution is -2.34. The fourth-order valence-corrected chi connectivity index (χ4v) is 4.09. The van der Waals surface area contributed by atoms with E-state index in [9.17, 15) is 22.8 Å². The summed E-state index contributed by atoms with van der Waals surface area (Å²) in [4.78, 5) is 28.9. The third kappa shape index (κ3) is 6.43. The number of amidine groups is 1. The summed E-state index contributed by atoms with van der Waals surface area (Å²) in [7, 11) is 0. The number of nitrogens with zero attached hydrogens (tertiary/aromatic N) is 1. The Labute approximate surface area is 191 Å². The molecule has 0 fully saturated rings. The minimum absolute atomic E-state index is 0.0000390. The number of carbonyl (C=O) groups excluding carboxylic acids is 2. The van der Waals surface area contributed by atoms with Crippen molar-refractivity contribution < 1.29 is 27.5 Å². The maximum absolute atomic E-state index is 14.7. The molecule has 0 aliphatic carbocycles. The number of halogens is 3. The molecule has 0 aromatic heterocycles. The van der Waals surface area contributed by atoms with Crippen LogP contribution in [0.5, 0.6) is 0 Å². The van der Waals surface area contributed by atoms with E-state index < -0.39 is 29.3 Å². The minimum Gasteiger partial charge on any atom is -0.466 e. The predicted molar refractivity (Wildman–Crippen MR) is 119 cm³/mol. The summed E-state index contributed by atoms with van der Waals surface area (Å²) in [6.45, 7) is 3.94. The number of Topliss-reactive ketones (excluding diaryl/α,β-unsaturated/α-hetero) is 1. The molecule has 1 N–H and O–H groups in total. The van der Waals surface area contributed by atoms with Crippen LogP contribution in [-0.4, -0.2) is 37.3 Å². The second-order valence-electron chi connectivity index (χ2n) is 8.11. The number of aliphatic imine (C=N–C) groups is 1. The molecule has 0 unspecified atom stereocenters. The van der Waals surface area contributed by atoms with Gasteiger partial charge in [0.25, 0.3) is 0 Å². The zero-order chi connectivity index (χ0) is 24.0. The van der Waals surface area contributed by atoms with Crippen LogP contribution in [0.15, 0.2) is 41.4 Å². The van der Waals surface area contributed by atoms with Gasteiger partial charge in [-0.2, -0.15) is 0 Å². The first kappa shape index (κ1) is 24.5. The number of ketones is 1. The highest BCUT2D eigenvalue weighted by Gasteiger charge is 2.37. The van der Waals surface area contributed by atoms with Gasteiger partial charge in [0.2, 0.25) is 0 Å². The van der Waals surface area contributed by atoms with Gasteiger partial charge in [0.05, 0.1) is 13.0 Å². The van der Waals surface area contributed by atoms with Crippen molar-refractivity contribution in [2.24, 2.45) is 10.9 Å². The van der Waals surface area contributed by atoms with E-state index in [0.29, 0.717) is 17.0 Å². The lowest BCUT2D eigenvalue weighted by Gasteiger charge is -2.23. The molecule has 2 aromatic carbocycles. The summed E-state index contributed by atoms with van der Waals surface area (Å²) in [6, 6.07) is 8.16. The smallest absolute Gasteiger partial charge is 0.307 e. The van der Waals surface area contributed by atoms with Crippen LogP contribution in [0, 0.1) is 30.3 Å². The van der Waals surface area contributed by atoms with Crippen molar-refractivity contribution in [3.8, 4) is 0 Å². The molecule has 1 aliphatic rings. The Kier molecular flexibility index (Phi) is 8.25. The number of hydrogen-bond acceptors (Lipinski definition) is 5. The van der Waals surface area contributed by atoms with E-state index in [1.807, 2.05) is 0 Å². The van der Waals surface area contributed by atoms with E-state index in [-0.39, 0.29) is 56.3 Å². The van der Waals surface area contributed by atoms with Crippen LogP contribution < -0.4 is 5.32 Å². The highest BCUT2D eigenvalue weighted by Crippen LogP contribution is 2.36. The Bertz CT molecular complexity index is 1010. The second kappa shape index (κ2) is 11.1. The largest absolute Gasteiger partial charge is 0.466 e. The molecule has 0 amide bonds. The number of esters is 1. The van der Waals surface area contributed by atoms with E-state index in [0.717, 1.165) is 0 Å². The summed E-state index contributed by atoms with van der Waals surface area (Å²) in [5.41, 5.74) is 1.02. The number of ether oxygens (including phenoxy) is 1. The molecule has 2 atom stereocenters. The van der Waals surface area contributed by atoms with Crippen molar-refractivity contribution in [3.05, 3.63) is 70.5 Å². The van der Waals surface area contributed by atoms with Gasteiger partial charge in [-0.3, -0.25) is 14.6 Å². The van der Waals surface area contributed by atoms with Crippen LogP contribution in [0.1, 0.15) is 42.4 Å². The summed E-state index contributed by atoms with van der Waals surface area (Å²) in [5.74, 6) is -3.07. The molecule has 33 heavy (non-hydrogen) atoms. The van der Waals surface area contributed by atoms with Crippen LogP contribution in [-0.2, 0) is 20.7 Å². The average Bonchev–Trinajstić information content (AvgIpc) is 3.11. The normalized spacial score (nSPS) is 17.5. The molecule has 0 saturated heterocycles. The number of hydrogen-bond donors (Lipinski definition) is 1. The third-order valence-electron chi connectivity index (χ3n) is 5.59. The number of nitrogens with one attached hydrogen (secondary N) is 1. The van der Waals surface area contributed by atoms with Crippen molar-refractivity contribution in [2.45, 2.75) is 39.0 Å². The van der Waals surface area contributed by atoms with Gasteiger partial charge in [0.15, 0.2) is 0 Å². The number of benzene rings is 2. The van der Waals surface area contributed by atoms with Crippen molar-refractivity contribution in [2.75, 3.05) is 19.7 Å². The first-order chi connectivity index (χ1) is 15.8. The highest BCUT2D eigenvalue weighted by molar-refractivity contribution is 5.93. The Morgan fingerprint density at radius 1 is 1.12 bits per heavy atom. The molecule has 0 saturated carbocycles. The van der Waals surface area contributed by atoms with Crippen molar-refractivity contribution in [1.82, 2.24) is 5.32 Å². The van der Waals surface area contributed by atoms with Gasteiger partial charge in [-0.05, 0) is 49.2 Å². The van der Waals surface area contributed by atoms with Crippen molar-refractivity contribution >= 4 is 17.6 Å². The molecule has 2 aromatic rings. The van der Waals surface area contributed by atoms with Crippen molar-refractivity contribution in [3.63, 3.8) is 0 Å². The first-order valence-corrected chi connectivity index (χ1v) is 10.9. The van der Waals surface area contributed by atoms with E-state index in [1.165, 1.54) is 36.4 Å². The van der Waals surface area contributed by atoms with Crippen LogP contribution in [0.2, 0.25) is 0 Å². The summed E-state index contributed by atoms with van der Waals surface area (Å²) >= 11 is 0. The van der Waals surface area contributed by atoms with E-state index in [1.54, 1.807) is 13.8 Å². The topological polar surface area (TPSA) is 67.8 Å². The maximum Gasteiger partial charge on any atom is 0.307 e. The number of rotatable bonds is 9.